The number of carbonyl (C=O) groups is 1. The molecule has 0 radical (unpaired) electrons. The number of alkyl halides is 1. The van der Waals surface area contributed by atoms with Crippen molar-refractivity contribution in [2.45, 2.75) is 33.7 Å². The van der Waals surface area contributed by atoms with Gasteiger partial charge in [0.15, 0.2) is 0 Å². The molecule has 0 saturated carbocycles. The topological polar surface area (TPSA) is 60.9 Å². The lowest BCUT2D eigenvalue weighted by molar-refractivity contribution is -0.118. The molecule has 0 unspecified atom stereocenters. The minimum Gasteiger partial charge on any atom is -0.497 e. The van der Waals surface area contributed by atoms with E-state index in [0.717, 1.165) is 11.1 Å². The van der Waals surface area contributed by atoms with Gasteiger partial charge in [0, 0.05) is 18.2 Å². The minimum atomic E-state index is -0.612. The van der Waals surface area contributed by atoms with E-state index < -0.39 is 6.67 Å². The Morgan fingerprint density at radius 2 is 1.91 bits per heavy atom. The van der Waals surface area contributed by atoms with Gasteiger partial charge in [-0.25, -0.2) is 9.37 Å². The number of nitrogens with zero attached hydrogens (tertiary/aromatic N) is 2. The lowest BCUT2D eigenvalue weighted by atomic mass is 10.1. The summed E-state index contributed by atoms with van der Waals surface area (Å²) in [7, 11) is 1.56. The van der Waals surface area contributed by atoms with Gasteiger partial charge in [-0.2, -0.15) is 0 Å². The zero-order valence-corrected chi connectivity index (χ0v) is 19.4. The van der Waals surface area contributed by atoms with Crippen LogP contribution in [-0.4, -0.2) is 31.3 Å². The Hall–Kier alpha value is -3.61. The lowest BCUT2D eigenvalue weighted by Gasteiger charge is -2.25. The maximum Gasteiger partial charge on any atom is 0.243 e. The van der Waals surface area contributed by atoms with Gasteiger partial charge in [0.05, 0.1) is 13.7 Å². The number of aromatic nitrogens is 1. The molecular formula is C26H29FN2O4. The molecule has 0 N–H and O–H groups in total. The van der Waals surface area contributed by atoms with E-state index in [1.54, 1.807) is 55.5 Å². The van der Waals surface area contributed by atoms with Gasteiger partial charge in [-0.15, -0.1) is 0 Å². The van der Waals surface area contributed by atoms with Crippen LogP contribution in [0.3, 0.4) is 0 Å². The van der Waals surface area contributed by atoms with Crippen molar-refractivity contribution < 1.29 is 23.4 Å². The summed E-state index contributed by atoms with van der Waals surface area (Å²) in [6.45, 7) is 5.28. The Morgan fingerprint density at radius 3 is 2.64 bits per heavy atom. The molecule has 33 heavy (non-hydrogen) atoms. The van der Waals surface area contributed by atoms with Gasteiger partial charge in [-0.1, -0.05) is 19.1 Å². The van der Waals surface area contributed by atoms with Crippen LogP contribution in [0.15, 0.2) is 54.7 Å². The van der Waals surface area contributed by atoms with Gasteiger partial charge in [0.1, 0.15) is 36.2 Å². The third-order valence-electron chi connectivity index (χ3n) is 5.34. The van der Waals surface area contributed by atoms with Crippen LogP contribution in [0.25, 0.3) is 0 Å². The summed E-state index contributed by atoms with van der Waals surface area (Å²) in [6.07, 6.45) is 1.91. The average molecular weight is 452 g/mol. The molecule has 7 heteroatoms. The first-order valence-electron chi connectivity index (χ1n) is 10.8. The number of pyridine rings is 1. The van der Waals surface area contributed by atoms with Gasteiger partial charge in [-0.05, 0) is 61.4 Å². The Bertz CT molecular complexity index is 1100. The predicted molar refractivity (Wildman–Crippen MR) is 126 cm³/mol. The van der Waals surface area contributed by atoms with E-state index >= 15 is 0 Å². The number of amides is 1. The molecule has 3 rings (SSSR count). The number of hydrogen-bond donors (Lipinski definition) is 0. The second-order valence-corrected chi connectivity index (χ2v) is 7.47. The van der Waals surface area contributed by atoms with Crippen molar-refractivity contribution >= 4 is 11.6 Å². The summed E-state index contributed by atoms with van der Waals surface area (Å²) in [5.74, 6) is 1.98. The molecule has 174 valence electrons. The predicted octanol–water partition coefficient (Wildman–Crippen LogP) is 5.79. The SMILES string of the molecule is CCC(=O)N(Cc1cc(OC)ccc1OCC[18F])c1cccnc1Oc1cccc(C)c1C. The number of aryl methyl sites for hydroxylation is 1. The van der Waals surface area contributed by atoms with Crippen LogP contribution in [0.5, 0.6) is 23.1 Å². The van der Waals surface area contributed by atoms with Crippen molar-refractivity contribution in [3.05, 3.63) is 71.4 Å². The highest BCUT2D eigenvalue weighted by Crippen LogP contribution is 2.35. The fraction of sp³-hybridized carbons (Fsp3) is 0.308. The lowest BCUT2D eigenvalue weighted by Crippen LogP contribution is -2.30. The van der Waals surface area contributed by atoms with Crippen LogP contribution < -0.4 is 19.1 Å². The number of halogens is 1. The van der Waals surface area contributed by atoms with E-state index in [9.17, 15) is 9.18 Å². The standard InChI is InChI=1S/C26H29FN2O4/c1-5-25(30)29(17-20-16-21(31-4)11-12-24(20)32-15-13-27)22-9-7-14-28-26(22)33-23-10-6-8-18(2)19(23)3/h6-12,14,16H,5,13,15,17H2,1-4H3/i27-1. The van der Waals surface area contributed by atoms with Crippen LogP contribution in [-0.2, 0) is 11.3 Å². The summed E-state index contributed by atoms with van der Waals surface area (Å²) < 4.78 is 29.8. The molecule has 1 heterocycles. The van der Waals surface area contributed by atoms with Crippen molar-refractivity contribution in [3.8, 4) is 23.1 Å². The van der Waals surface area contributed by atoms with Crippen LogP contribution in [0.4, 0.5) is 10.1 Å². The van der Waals surface area contributed by atoms with E-state index in [1.807, 2.05) is 32.0 Å². The van der Waals surface area contributed by atoms with Crippen LogP contribution in [0.1, 0.15) is 30.0 Å². The quantitative estimate of drug-likeness (QED) is 0.390. The molecule has 1 amide bonds. The monoisotopic (exact) mass is 451 g/mol. The van der Waals surface area contributed by atoms with E-state index in [-0.39, 0.29) is 25.5 Å². The zero-order valence-electron chi connectivity index (χ0n) is 19.4. The molecule has 2 aromatic carbocycles. The van der Waals surface area contributed by atoms with Crippen LogP contribution >= 0.6 is 0 Å². The van der Waals surface area contributed by atoms with E-state index in [0.29, 0.717) is 34.4 Å². The molecule has 0 aliphatic heterocycles. The highest BCUT2D eigenvalue weighted by atomic mass is 18.2. The molecule has 0 aliphatic carbocycles. The maximum absolute atomic E-state index is 13.0. The molecule has 0 aliphatic rings. The Labute approximate surface area is 193 Å². The van der Waals surface area contributed by atoms with Crippen molar-refractivity contribution in [2.24, 2.45) is 0 Å². The third-order valence-corrected chi connectivity index (χ3v) is 5.34. The van der Waals surface area contributed by atoms with Crippen molar-refractivity contribution in [3.63, 3.8) is 0 Å². The molecule has 0 spiro atoms. The zero-order chi connectivity index (χ0) is 23.8. The molecule has 0 bridgehead atoms. The number of methoxy groups -OCH3 is 1. The molecular weight excluding hydrogens is 422 g/mol. The fourth-order valence-corrected chi connectivity index (χ4v) is 3.37. The first-order chi connectivity index (χ1) is 16.0. The molecule has 0 saturated heterocycles. The van der Waals surface area contributed by atoms with Gasteiger partial charge in [-0.3, -0.25) is 4.79 Å². The summed E-state index contributed by atoms with van der Waals surface area (Å²) >= 11 is 0. The van der Waals surface area contributed by atoms with Crippen molar-refractivity contribution in [1.29, 1.82) is 0 Å². The van der Waals surface area contributed by atoms with Gasteiger partial charge in [0.25, 0.3) is 0 Å². The Morgan fingerprint density at radius 1 is 1.09 bits per heavy atom. The van der Waals surface area contributed by atoms with Crippen molar-refractivity contribution in [1.82, 2.24) is 4.98 Å². The van der Waals surface area contributed by atoms with E-state index in [1.165, 1.54) is 0 Å². The van der Waals surface area contributed by atoms with E-state index in [2.05, 4.69) is 4.98 Å². The number of anilines is 1. The molecule has 0 atom stereocenters. The normalized spacial score (nSPS) is 10.6. The second kappa shape index (κ2) is 11.3. The first kappa shape index (κ1) is 24.0. The molecule has 0 fully saturated rings. The third kappa shape index (κ3) is 5.80. The molecule has 1 aromatic heterocycles. The smallest absolute Gasteiger partial charge is 0.243 e. The number of benzene rings is 2. The average Bonchev–Trinajstić information content (AvgIpc) is 2.84. The molecule has 3 aromatic rings. The minimum absolute atomic E-state index is 0.0745. The van der Waals surface area contributed by atoms with Crippen LogP contribution in [0.2, 0.25) is 0 Å². The summed E-state index contributed by atoms with van der Waals surface area (Å²) in [5.41, 5.74) is 3.31. The summed E-state index contributed by atoms with van der Waals surface area (Å²) in [6, 6.07) is 14.6. The fourth-order valence-electron chi connectivity index (χ4n) is 3.37. The van der Waals surface area contributed by atoms with E-state index in [4.69, 9.17) is 14.2 Å². The summed E-state index contributed by atoms with van der Waals surface area (Å²) in [5, 5.41) is 0. The second-order valence-electron chi connectivity index (χ2n) is 7.47. The number of ether oxygens (including phenoxy) is 3. The highest BCUT2D eigenvalue weighted by molar-refractivity contribution is 5.94. The maximum atomic E-state index is 13.0. The number of hydrogen-bond acceptors (Lipinski definition) is 5. The Kier molecular flexibility index (Phi) is 8.24. The molecule has 6 nitrogen and oxygen atoms in total. The Balaban J connectivity index is 2.02. The number of rotatable bonds is 10. The van der Waals surface area contributed by atoms with Gasteiger partial charge < -0.3 is 19.1 Å². The highest BCUT2D eigenvalue weighted by Gasteiger charge is 2.22. The van der Waals surface area contributed by atoms with Crippen LogP contribution in [0, 0.1) is 13.8 Å². The van der Waals surface area contributed by atoms with Gasteiger partial charge in [0.2, 0.25) is 11.8 Å². The summed E-state index contributed by atoms with van der Waals surface area (Å²) in [4.78, 5) is 19.0. The first-order valence-corrected chi connectivity index (χ1v) is 10.8. The van der Waals surface area contributed by atoms with Gasteiger partial charge >= 0.3 is 0 Å². The van der Waals surface area contributed by atoms with Crippen molar-refractivity contribution in [2.75, 3.05) is 25.3 Å². The largest absolute Gasteiger partial charge is 0.497 e. The number of carbonyl (C=O) groups excluding carboxylic acids is 1.